The molecule has 4 aromatic rings. The molecule has 1 amide bonds. The summed E-state index contributed by atoms with van der Waals surface area (Å²) in [6.07, 6.45) is 1.45. The van der Waals surface area contributed by atoms with Crippen molar-refractivity contribution in [1.82, 2.24) is 25.4 Å². The number of rotatable bonds is 6. The Morgan fingerprint density at radius 1 is 1.08 bits per heavy atom. The average Bonchev–Trinajstić information content (AvgIpc) is 3.26. The van der Waals surface area contributed by atoms with Gasteiger partial charge in [-0.1, -0.05) is 6.07 Å². The molecule has 1 aliphatic rings. The number of carbonyl (C=O) groups is 1. The van der Waals surface area contributed by atoms with E-state index >= 15 is 0 Å². The van der Waals surface area contributed by atoms with E-state index in [1.165, 1.54) is 24.4 Å². The fraction of sp³-hybridized carbons (Fsp3) is 0.269. The van der Waals surface area contributed by atoms with E-state index in [9.17, 15) is 13.6 Å². The van der Waals surface area contributed by atoms with Crippen LogP contribution in [0.25, 0.3) is 22.2 Å². The first-order chi connectivity index (χ1) is 17.4. The number of nitrogens with zero attached hydrogens (tertiary/aromatic N) is 4. The van der Waals surface area contributed by atoms with Crippen LogP contribution in [0.3, 0.4) is 0 Å². The molecule has 8 nitrogen and oxygen atoms in total. The van der Waals surface area contributed by atoms with Crippen molar-refractivity contribution in [3.8, 4) is 11.3 Å². The van der Waals surface area contributed by atoms with E-state index in [2.05, 4.69) is 42.7 Å². The van der Waals surface area contributed by atoms with Gasteiger partial charge in [0.25, 0.3) is 5.91 Å². The van der Waals surface area contributed by atoms with Gasteiger partial charge in [-0.3, -0.25) is 14.9 Å². The molecule has 5 rings (SSSR count). The molecule has 186 valence electrons. The van der Waals surface area contributed by atoms with Crippen molar-refractivity contribution >= 4 is 28.3 Å². The molecule has 0 radical (unpaired) electrons. The minimum Gasteiger partial charge on any atom is -0.369 e. The molecule has 1 saturated heterocycles. The molecule has 2 aromatic heterocycles. The molecule has 0 bridgehead atoms. The zero-order valence-corrected chi connectivity index (χ0v) is 20.1. The molecule has 2 aromatic carbocycles. The molecule has 3 heterocycles. The second-order valence-electron chi connectivity index (χ2n) is 8.95. The van der Waals surface area contributed by atoms with Gasteiger partial charge >= 0.3 is 0 Å². The highest BCUT2D eigenvalue weighted by molar-refractivity contribution is 6.08. The lowest BCUT2D eigenvalue weighted by Crippen LogP contribution is -2.44. The van der Waals surface area contributed by atoms with Gasteiger partial charge in [-0.15, -0.1) is 0 Å². The standard InChI is InChI=1S/C26H27F2N7O/c1-29-14-16-10-20(27)24(21(28)11-16)22-13-19-23(15-30-22)32-33-25(19)31-26(36)17-4-3-5-18(12-17)35-8-6-34(2)7-9-35/h3-5,10-13,15,29H,6-9,14H2,1-2H3,(H2,31,32,33,36). The van der Waals surface area contributed by atoms with Gasteiger partial charge in [-0.05, 0) is 56.1 Å². The van der Waals surface area contributed by atoms with Gasteiger partial charge < -0.3 is 20.4 Å². The Balaban J connectivity index is 1.41. The van der Waals surface area contributed by atoms with Crippen LogP contribution in [0.4, 0.5) is 20.3 Å². The molecular formula is C26H27F2N7O. The molecular weight excluding hydrogens is 464 g/mol. The predicted octanol–water partition coefficient (Wildman–Crippen LogP) is 3.63. The Morgan fingerprint density at radius 2 is 1.83 bits per heavy atom. The number of hydrogen-bond donors (Lipinski definition) is 3. The minimum absolute atomic E-state index is 0.113. The maximum Gasteiger partial charge on any atom is 0.256 e. The van der Waals surface area contributed by atoms with Crippen LogP contribution in [-0.4, -0.2) is 66.3 Å². The maximum atomic E-state index is 14.8. The van der Waals surface area contributed by atoms with Crippen molar-refractivity contribution in [3.63, 3.8) is 0 Å². The number of benzene rings is 2. The number of amides is 1. The summed E-state index contributed by atoms with van der Waals surface area (Å²) in [7, 11) is 3.80. The maximum absolute atomic E-state index is 14.8. The van der Waals surface area contributed by atoms with Crippen molar-refractivity contribution in [1.29, 1.82) is 0 Å². The summed E-state index contributed by atoms with van der Waals surface area (Å²) < 4.78 is 29.6. The van der Waals surface area contributed by atoms with Gasteiger partial charge in [-0.25, -0.2) is 8.78 Å². The van der Waals surface area contributed by atoms with Crippen LogP contribution in [0, 0.1) is 11.6 Å². The van der Waals surface area contributed by atoms with Gasteiger partial charge in [0.05, 0.1) is 23.0 Å². The largest absolute Gasteiger partial charge is 0.369 e. The number of nitrogens with one attached hydrogen (secondary N) is 3. The van der Waals surface area contributed by atoms with E-state index in [0.29, 0.717) is 28.6 Å². The number of carbonyl (C=O) groups excluding carboxylic acids is 1. The highest BCUT2D eigenvalue weighted by Crippen LogP contribution is 2.30. The predicted molar refractivity (Wildman–Crippen MR) is 136 cm³/mol. The second-order valence-corrected chi connectivity index (χ2v) is 8.95. The minimum atomic E-state index is -0.707. The highest BCUT2D eigenvalue weighted by atomic mass is 19.1. The third kappa shape index (κ3) is 4.77. The summed E-state index contributed by atoms with van der Waals surface area (Å²) >= 11 is 0. The summed E-state index contributed by atoms with van der Waals surface area (Å²) in [6, 6.07) is 11.5. The normalized spacial score (nSPS) is 14.4. The van der Waals surface area contributed by atoms with Gasteiger partial charge in [0.1, 0.15) is 11.6 Å². The van der Waals surface area contributed by atoms with Crippen molar-refractivity contribution in [2.24, 2.45) is 0 Å². The van der Waals surface area contributed by atoms with E-state index in [4.69, 9.17) is 0 Å². The Morgan fingerprint density at radius 3 is 2.56 bits per heavy atom. The molecule has 0 unspecified atom stereocenters. The fourth-order valence-electron chi connectivity index (χ4n) is 4.41. The number of H-pyrrole nitrogens is 1. The quantitative estimate of drug-likeness (QED) is 0.382. The van der Waals surface area contributed by atoms with Crippen LogP contribution >= 0.6 is 0 Å². The van der Waals surface area contributed by atoms with Crippen LogP contribution in [0.5, 0.6) is 0 Å². The number of likely N-dealkylation sites (N-methyl/N-ethyl adjacent to an activating group) is 1. The van der Waals surface area contributed by atoms with Crippen molar-refractivity contribution in [2.75, 3.05) is 50.5 Å². The molecule has 36 heavy (non-hydrogen) atoms. The van der Waals surface area contributed by atoms with E-state index in [0.717, 1.165) is 31.9 Å². The number of halogens is 2. The first-order valence-electron chi connectivity index (χ1n) is 11.7. The van der Waals surface area contributed by atoms with Crippen molar-refractivity contribution < 1.29 is 13.6 Å². The topological polar surface area (TPSA) is 89.2 Å². The molecule has 0 atom stereocenters. The molecule has 1 fully saturated rings. The third-order valence-corrected chi connectivity index (χ3v) is 6.39. The number of piperazine rings is 1. The molecule has 0 aliphatic carbocycles. The zero-order chi connectivity index (χ0) is 25.2. The molecule has 1 aliphatic heterocycles. The average molecular weight is 492 g/mol. The van der Waals surface area contributed by atoms with Crippen LogP contribution in [0.1, 0.15) is 15.9 Å². The Hall–Kier alpha value is -3.89. The number of aromatic amines is 1. The lowest BCUT2D eigenvalue weighted by atomic mass is 10.1. The number of fused-ring (bicyclic) bond motifs is 1. The molecule has 0 saturated carbocycles. The summed E-state index contributed by atoms with van der Waals surface area (Å²) in [5, 5.41) is 13.2. The Bertz CT molecular complexity index is 1390. The van der Waals surface area contributed by atoms with E-state index < -0.39 is 11.6 Å². The van der Waals surface area contributed by atoms with Gasteiger partial charge in [-0.2, -0.15) is 5.10 Å². The van der Waals surface area contributed by atoms with Gasteiger partial charge in [0.15, 0.2) is 5.82 Å². The molecule has 0 spiro atoms. The van der Waals surface area contributed by atoms with Crippen molar-refractivity contribution in [3.05, 3.63) is 71.4 Å². The fourth-order valence-corrected chi connectivity index (χ4v) is 4.41. The summed E-state index contributed by atoms with van der Waals surface area (Å²) in [6.45, 7) is 4.06. The lowest BCUT2D eigenvalue weighted by molar-refractivity contribution is 0.102. The summed E-state index contributed by atoms with van der Waals surface area (Å²) in [5.41, 5.74) is 2.40. The van der Waals surface area contributed by atoms with Crippen LogP contribution < -0.4 is 15.5 Å². The lowest BCUT2D eigenvalue weighted by Gasteiger charge is -2.34. The number of aromatic nitrogens is 3. The van der Waals surface area contributed by atoms with E-state index in [-0.39, 0.29) is 23.0 Å². The highest BCUT2D eigenvalue weighted by Gasteiger charge is 2.19. The summed E-state index contributed by atoms with van der Waals surface area (Å²) in [4.78, 5) is 21.8. The van der Waals surface area contributed by atoms with Crippen LogP contribution in [0.2, 0.25) is 0 Å². The first-order valence-corrected chi connectivity index (χ1v) is 11.7. The number of hydrogen-bond acceptors (Lipinski definition) is 6. The van der Waals surface area contributed by atoms with E-state index in [1.54, 1.807) is 13.1 Å². The molecule has 10 heteroatoms. The first kappa shape index (κ1) is 23.8. The smallest absolute Gasteiger partial charge is 0.256 e. The van der Waals surface area contributed by atoms with Gasteiger partial charge in [0.2, 0.25) is 0 Å². The third-order valence-electron chi connectivity index (χ3n) is 6.39. The number of pyridine rings is 1. The molecule has 3 N–H and O–H groups in total. The Labute approximate surface area is 207 Å². The monoisotopic (exact) mass is 491 g/mol. The van der Waals surface area contributed by atoms with Gasteiger partial charge in [0, 0.05) is 49.4 Å². The van der Waals surface area contributed by atoms with E-state index in [1.807, 2.05) is 18.2 Å². The van der Waals surface area contributed by atoms with Crippen LogP contribution in [-0.2, 0) is 6.54 Å². The SMILES string of the molecule is CNCc1cc(F)c(-c2cc3c(NC(=O)c4cccc(N5CCN(C)CC5)c4)n[nH]c3cn2)c(F)c1. The van der Waals surface area contributed by atoms with Crippen molar-refractivity contribution in [2.45, 2.75) is 6.54 Å². The summed E-state index contributed by atoms with van der Waals surface area (Å²) in [5.74, 6) is -1.48. The Kier molecular flexibility index (Phi) is 6.62. The van der Waals surface area contributed by atoms with Crippen LogP contribution in [0.15, 0.2) is 48.7 Å². The second kappa shape index (κ2) is 10.00. The zero-order valence-electron chi connectivity index (χ0n) is 20.1. The number of anilines is 2.